The van der Waals surface area contributed by atoms with Crippen LogP contribution in [-0.4, -0.2) is 9.13 Å². The van der Waals surface area contributed by atoms with Gasteiger partial charge in [-0.2, -0.15) is 0 Å². The highest BCUT2D eigenvalue weighted by molar-refractivity contribution is 6.07. The van der Waals surface area contributed by atoms with Crippen LogP contribution in [0.2, 0.25) is 0 Å². The summed E-state index contributed by atoms with van der Waals surface area (Å²) in [6, 6.07) is 25.2. The van der Waals surface area contributed by atoms with Crippen LogP contribution in [0.25, 0.3) is 44.1 Å². The van der Waals surface area contributed by atoms with Gasteiger partial charge in [0.1, 0.15) is 0 Å². The summed E-state index contributed by atoms with van der Waals surface area (Å²) in [7, 11) is 0. The van der Waals surface area contributed by atoms with E-state index in [0.29, 0.717) is 0 Å². The summed E-state index contributed by atoms with van der Waals surface area (Å²) in [6.45, 7) is 13.8. The molecule has 0 saturated heterocycles. The van der Waals surface area contributed by atoms with Gasteiger partial charge < -0.3 is 9.13 Å². The van der Waals surface area contributed by atoms with Gasteiger partial charge in [-0.25, -0.2) is 0 Å². The van der Waals surface area contributed by atoms with Crippen LogP contribution in [0.4, 0.5) is 0 Å². The smallest absolute Gasteiger partial charge is 0.0488 e. The SMILES string of the molecule is CCCCCCCCn1c(C)c(-c2cccc(C)c2-c2c(C)n(CCCCCCCC)c3ccccc23)c2ccccc21. The van der Waals surface area contributed by atoms with Gasteiger partial charge in [0, 0.05) is 57.4 Å². The summed E-state index contributed by atoms with van der Waals surface area (Å²) in [4.78, 5) is 0. The number of benzene rings is 3. The molecule has 0 bridgehead atoms. The average Bonchev–Trinajstić information content (AvgIpc) is 3.46. The van der Waals surface area contributed by atoms with E-state index in [9.17, 15) is 0 Å². The maximum atomic E-state index is 2.61. The number of rotatable bonds is 16. The normalized spacial score (nSPS) is 11.7. The molecule has 0 radical (unpaired) electrons. The maximum Gasteiger partial charge on any atom is 0.0488 e. The Balaban J connectivity index is 1.56. The van der Waals surface area contributed by atoms with Crippen LogP contribution in [0.15, 0.2) is 66.7 Å². The van der Waals surface area contributed by atoms with Gasteiger partial charge >= 0.3 is 0 Å². The summed E-state index contributed by atoms with van der Waals surface area (Å²) in [5.41, 5.74) is 12.5. The van der Waals surface area contributed by atoms with Crippen molar-refractivity contribution in [1.82, 2.24) is 9.13 Å². The van der Waals surface area contributed by atoms with Crippen molar-refractivity contribution < 1.29 is 0 Å². The number of nitrogens with zero attached hydrogens (tertiary/aromatic N) is 2. The van der Waals surface area contributed by atoms with E-state index >= 15 is 0 Å². The molecule has 3 aromatic carbocycles. The third-order valence-corrected chi connectivity index (χ3v) is 9.72. The first-order valence-corrected chi connectivity index (χ1v) is 17.3. The fraction of sp³-hybridized carbons (Fsp3) is 0.463. The highest BCUT2D eigenvalue weighted by Crippen LogP contribution is 2.45. The third-order valence-electron chi connectivity index (χ3n) is 9.72. The van der Waals surface area contributed by atoms with Gasteiger partial charge in [-0.15, -0.1) is 0 Å². The fourth-order valence-corrected chi connectivity index (χ4v) is 7.40. The monoisotopic (exact) mass is 574 g/mol. The minimum atomic E-state index is 1.09. The largest absolute Gasteiger partial charge is 0.344 e. The van der Waals surface area contributed by atoms with E-state index in [0.717, 1.165) is 13.1 Å². The van der Waals surface area contributed by atoms with Crippen molar-refractivity contribution in [2.75, 3.05) is 0 Å². The molecule has 0 aliphatic rings. The first kappa shape index (κ1) is 31.2. The molecule has 0 fully saturated rings. The highest BCUT2D eigenvalue weighted by Gasteiger charge is 2.23. The van der Waals surface area contributed by atoms with Crippen LogP contribution in [0, 0.1) is 20.8 Å². The summed E-state index contributed by atoms with van der Waals surface area (Å²) in [5, 5.41) is 2.77. The first-order chi connectivity index (χ1) is 21.1. The molecular formula is C41H54N2. The molecule has 0 saturated carbocycles. The lowest BCUT2D eigenvalue weighted by molar-refractivity contribution is 0.561. The molecule has 43 heavy (non-hydrogen) atoms. The predicted molar refractivity (Wildman–Crippen MR) is 189 cm³/mol. The summed E-state index contributed by atoms with van der Waals surface area (Å²) in [5.74, 6) is 0. The summed E-state index contributed by atoms with van der Waals surface area (Å²) >= 11 is 0. The van der Waals surface area contributed by atoms with Gasteiger partial charge in [-0.3, -0.25) is 0 Å². The number of hydrogen-bond donors (Lipinski definition) is 0. The lowest BCUT2D eigenvalue weighted by atomic mass is 9.88. The molecule has 0 unspecified atom stereocenters. The Hall–Kier alpha value is -3.26. The number of aryl methyl sites for hydroxylation is 3. The van der Waals surface area contributed by atoms with Crippen molar-refractivity contribution in [3.8, 4) is 22.3 Å². The Kier molecular flexibility index (Phi) is 10.8. The van der Waals surface area contributed by atoms with Gasteiger partial charge in [-0.1, -0.05) is 133 Å². The van der Waals surface area contributed by atoms with Gasteiger partial charge in [0.15, 0.2) is 0 Å². The number of unbranched alkanes of at least 4 members (excludes halogenated alkanes) is 10. The van der Waals surface area contributed by atoms with Crippen LogP contribution < -0.4 is 0 Å². The van der Waals surface area contributed by atoms with Crippen molar-refractivity contribution >= 4 is 21.8 Å². The topological polar surface area (TPSA) is 9.86 Å². The van der Waals surface area contributed by atoms with Crippen molar-refractivity contribution in [3.05, 3.63) is 83.7 Å². The first-order valence-electron chi connectivity index (χ1n) is 17.3. The van der Waals surface area contributed by atoms with Crippen LogP contribution in [0.5, 0.6) is 0 Å². The number of para-hydroxylation sites is 2. The average molecular weight is 575 g/mol. The van der Waals surface area contributed by atoms with Crippen molar-refractivity contribution in [3.63, 3.8) is 0 Å². The van der Waals surface area contributed by atoms with Gasteiger partial charge in [-0.05, 0) is 62.4 Å². The number of fused-ring (bicyclic) bond motifs is 2. The highest BCUT2D eigenvalue weighted by atomic mass is 15.0. The molecule has 2 aromatic heterocycles. The summed E-state index contributed by atoms with van der Waals surface area (Å²) < 4.78 is 5.21. The van der Waals surface area contributed by atoms with Crippen LogP contribution >= 0.6 is 0 Å². The second-order valence-electron chi connectivity index (χ2n) is 12.8. The van der Waals surface area contributed by atoms with Gasteiger partial charge in [0.2, 0.25) is 0 Å². The molecule has 2 nitrogen and oxygen atoms in total. The van der Waals surface area contributed by atoms with E-state index in [4.69, 9.17) is 0 Å². The summed E-state index contributed by atoms with van der Waals surface area (Å²) in [6.07, 6.45) is 15.9. The number of hydrogen-bond acceptors (Lipinski definition) is 0. The van der Waals surface area contributed by atoms with Crippen molar-refractivity contribution in [1.29, 1.82) is 0 Å². The maximum absolute atomic E-state index is 2.61. The molecule has 0 N–H and O–H groups in total. The Morgan fingerprint density at radius 1 is 0.442 bits per heavy atom. The zero-order valence-corrected chi connectivity index (χ0v) is 27.6. The van der Waals surface area contributed by atoms with Crippen molar-refractivity contribution in [2.24, 2.45) is 0 Å². The zero-order chi connectivity index (χ0) is 30.2. The van der Waals surface area contributed by atoms with E-state index in [-0.39, 0.29) is 0 Å². The van der Waals surface area contributed by atoms with Crippen LogP contribution in [-0.2, 0) is 13.1 Å². The fourth-order valence-electron chi connectivity index (χ4n) is 7.40. The Morgan fingerprint density at radius 3 is 1.47 bits per heavy atom. The molecule has 0 spiro atoms. The number of aromatic nitrogens is 2. The van der Waals surface area contributed by atoms with Crippen molar-refractivity contribution in [2.45, 2.75) is 125 Å². The van der Waals surface area contributed by atoms with E-state index in [1.807, 2.05) is 0 Å². The minimum absolute atomic E-state index is 1.09. The molecule has 0 amide bonds. The lowest BCUT2D eigenvalue weighted by Crippen LogP contribution is -2.02. The van der Waals surface area contributed by atoms with Crippen LogP contribution in [0.1, 0.15) is 108 Å². The van der Waals surface area contributed by atoms with E-state index in [1.165, 1.54) is 138 Å². The second kappa shape index (κ2) is 15.0. The van der Waals surface area contributed by atoms with E-state index in [2.05, 4.69) is 110 Å². The van der Waals surface area contributed by atoms with Gasteiger partial charge in [0.25, 0.3) is 0 Å². The third kappa shape index (κ3) is 6.64. The Bertz CT molecular complexity index is 1630. The molecule has 228 valence electrons. The molecule has 2 heterocycles. The molecule has 5 aromatic rings. The minimum Gasteiger partial charge on any atom is -0.344 e. The Morgan fingerprint density at radius 2 is 0.907 bits per heavy atom. The molecule has 2 heteroatoms. The predicted octanol–water partition coefficient (Wildman–Crippen LogP) is 12.6. The van der Waals surface area contributed by atoms with Gasteiger partial charge in [0.05, 0.1) is 0 Å². The molecule has 0 aliphatic heterocycles. The standard InChI is InChI=1S/C41H54N2/c1-6-8-10-12-14-20-29-42-32(4)40(34-24-16-18-27-37(34)42)36-26-22-23-31(3)39(36)41-33(5)43(30-21-15-13-11-9-7-2)38-28-19-17-25-35(38)41/h16-19,22-28H,6-15,20-21,29-30H2,1-5H3. The van der Waals surface area contributed by atoms with E-state index in [1.54, 1.807) is 0 Å². The van der Waals surface area contributed by atoms with Crippen LogP contribution in [0.3, 0.4) is 0 Å². The zero-order valence-electron chi connectivity index (χ0n) is 27.6. The lowest BCUT2D eigenvalue weighted by Gasteiger charge is -2.16. The van der Waals surface area contributed by atoms with E-state index < -0.39 is 0 Å². The molecule has 5 rings (SSSR count). The Labute approximate surface area is 261 Å². The second-order valence-corrected chi connectivity index (χ2v) is 12.8. The molecule has 0 atom stereocenters. The molecular weight excluding hydrogens is 520 g/mol. The quantitative estimate of drug-likeness (QED) is 0.104. The molecule has 0 aliphatic carbocycles.